The Morgan fingerprint density at radius 1 is 0.889 bits per heavy atom. The Bertz CT molecular complexity index is 1400. The number of rotatable bonds is 7. The molecule has 182 valence electrons. The molecular weight excluding hydrogens is 484 g/mol. The summed E-state index contributed by atoms with van der Waals surface area (Å²) in [5, 5.41) is 2.50. The van der Waals surface area contributed by atoms with Crippen LogP contribution in [0.4, 0.5) is 11.4 Å². The van der Waals surface area contributed by atoms with Crippen LogP contribution in [0.3, 0.4) is 0 Å². The molecule has 0 spiro atoms. The van der Waals surface area contributed by atoms with Crippen molar-refractivity contribution in [1.82, 2.24) is 0 Å². The fourth-order valence-electron chi connectivity index (χ4n) is 3.54. The Morgan fingerprint density at radius 2 is 1.56 bits per heavy atom. The number of esters is 2. The van der Waals surface area contributed by atoms with Crippen LogP contribution in [0.25, 0.3) is 0 Å². The zero-order valence-electron chi connectivity index (χ0n) is 19.4. The van der Waals surface area contributed by atoms with Crippen LogP contribution in [-0.2, 0) is 14.3 Å². The first-order valence-corrected chi connectivity index (χ1v) is 11.4. The van der Waals surface area contributed by atoms with Gasteiger partial charge in [-0.2, -0.15) is 0 Å². The Hall–Kier alpha value is -4.43. The summed E-state index contributed by atoms with van der Waals surface area (Å²) in [7, 11) is 0. The summed E-state index contributed by atoms with van der Waals surface area (Å²) in [6.45, 7) is 3.62. The SMILES string of the molecule is CCOC(=O)c1ccccc1N1C(=O)C(Cl)=C(Nc2ccc(C(=O)Oc3ccccc3C)cc2)C1=O. The lowest BCUT2D eigenvalue weighted by molar-refractivity contribution is -0.120. The monoisotopic (exact) mass is 504 g/mol. The zero-order chi connectivity index (χ0) is 25.8. The van der Waals surface area contributed by atoms with Crippen molar-refractivity contribution in [3.63, 3.8) is 0 Å². The average Bonchev–Trinajstić information content (AvgIpc) is 3.08. The van der Waals surface area contributed by atoms with E-state index in [9.17, 15) is 19.2 Å². The number of benzene rings is 3. The van der Waals surface area contributed by atoms with Crippen LogP contribution < -0.4 is 15.0 Å². The van der Waals surface area contributed by atoms with E-state index in [1.807, 2.05) is 19.1 Å². The van der Waals surface area contributed by atoms with Crippen LogP contribution in [0.5, 0.6) is 5.75 Å². The standard InChI is InChI=1S/C27H21ClN2O6/c1-3-35-27(34)19-9-5-6-10-20(19)30-24(31)22(28)23(25(30)32)29-18-14-12-17(13-15-18)26(33)36-21-11-7-4-8-16(21)2/h4-15,29H,3H2,1-2H3. The Labute approximate surface area is 212 Å². The third-order valence-corrected chi connectivity index (χ3v) is 5.70. The molecule has 36 heavy (non-hydrogen) atoms. The molecule has 0 aliphatic carbocycles. The van der Waals surface area contributed by atoms with Crippen molar-refractivity contribution in [2.75, 3.05) is 16.8 Å². The van der Waals surface area contributed by atoms with Crippen molar-refractivity contribution in [3.05, 3.63) is 100 Å². The molecule has 4 rings (SSSR count). The third kappa shape index (κ3) is 4.85. The lowest BCUT2D eigenvalue weighted by atomic mass is 10.1. The zero-order valence-corrected chi connectivity index (χ0v) is 20.2. The van der Waals surface area contributed by atoms with Crippen LogP contribution in [0, 0.1) is 6.92 Å². The minimum absolute atomic E-state index is 0.0586. The molecule has 0 atom stereocenters. The van der Waals surface area contributed by atoms with Gasteiger partial charge in [0.1, 0.15) is 16.5 Å². The molecule has 3 aromatic carbocycles. The molecule has 1 N–H and O–H groups in total. The van der Waals surface area contributed by atoms with Gasteiger partial charge in [0.25, 0.3) is 11.8 Å². The van der Waals surface area contributed by atoms with Crippen molar-refractivity contribution < 1.29 is 28.7 Å². The van der Waals surface area contributed by atoms with Gasteiger partial charge in [-0.25, -0.2) is 14.5 Å². The lowest BCUT2D eigenvalue weighted by Gasteiger charge is -2.18. The molecule has 0 saturated carbocycles. The number of halogens is 1. The predicted molar refractivity (Wildman–Crippen MR) is 134 cm³/mol. The quantitative estimate of drug-likeness (QED) is 0.279. The Morgan fingerprint density at radius 3 is 2.25 bits per heavy atom. The second-order valence-electron chi connectivity index (χ2n) is 7.73. The van der Waals surface area contributed by atoms with Crippen LogP contribution in [-0.4, -0.2) is 30.4 Å². The highest BCUT2D eigenvalue weighted by Gasteiger charge is 2.40. The summed E-state index contributed by atoms with van der Waals surface area (Å²) in [6.07, 6.45) is 0. The Kier molecular flexibility index (Phi) is 7.17. The van der Waals surface area contributed by atoms with Gasteiger partial charge < -0.3 is 14.8 Å². The van der Waals surface area contributed by atoms with Gasteiger partial charge in [-0.15, -0.1) is 0 Å². The number of imide groups is 1. The van der Waals surface area contributed by atoms with Gasteiger partial charge in [-0.3, -0.25) is 9.59 Å². The minimum atomic E-state index is -0.778. The average molecular weight is 505 g/mol. The van der Waals surface area contributed by atoms with Crippen molar-refractivity contribution >= 4 is 46.7 Å². The van der Waals surface area contributed by atoms with E-state index in [0.717, 1.165) is 10.5 Å². The smallest absolute Gasteiger partial charge is 0.343 e. The Balaban J connectivity index is 1.52. The number of nitrogens with one attached hydrogen (secondary N) is 1. The number of hydrogen-bond acceptors (Lipinski definition) is 7. The molecule has 1 heterocycles. The predicted octanol–water partition coefficient (Wildman–Crippen LogP) is 4.83. The normalized spacial score (nSPS) is 13.1. The molecule has 0 bridgehead atoms. The highest BCUT2D eigenvalue weighted by Crippen LogP contribution is 2.32. The lowest BCUT2D eigenvalue weighted by Crippen LogP contribution is -2.33. The van der Waals surface area contributed by atoms with Crippen LogP contribution in [0.15, 0.2) is 83.5 Å². The first-order chi connectivity index (χ1) is 17.3. The fourth-order valence-corrected chi connectivity index (χ4v) is 3.76. The minimum Gasteiger partial charge on any atom is -0.462 e. The van der Waals surface area contributed by atoms with E-state index in [-0.39, 0.29) is 28.6 Å². The van der Waals surface area contributed by atoms with Crippen molar-refractivity contribution in [2.45, 2.75) is 13.8 Å². The van der Waals surface area contributed by atoms with Gasteiger partial charge in [-0.05, 0) is 61.9 Å². The van der Waals surface area contributed by atoms with Crippen LogP contribution in [0.2, 0.25) is 0 Å². The van der Waals surface area contributed by atoms with Crippen LogP contribution in [0.1, 0.15) is 33.2 Å². The summed E-state index contributed by atoms with van der Waals surface area (Å²) in [4.78, 5) is 51.7. The van der Waals surface area contributed by atoms with Gasteiger partial charge in [0.05, 0.1) is 23.4 Å². The molecule has 0 aromatic heterocycles. The molecule has 0 radical (unpaired) electrons. The maximum atomic E-state index is 13.1. The molecular formula is C27H21ClN2O6. The second kappa shape index (κ2) is 10.5. The van der Waals surface area contributed by atoms with Gasteiger partial charge >= 0.3 is 11.9 Å². The number of carbonyl (C=O) groups excluding carboxylic acids is 4. The van der Waals surface area contributed by atoms with Gasteiger partial charge in [0, 0.05) is 5.69 Å². The summed E-state index contributed by atoms with van der Waals surface area (Å²) < 4.78 is 10.5. The number of hydrogen-bond donors (Lipinski definition) is 1. The second-order valence-corrected chi connectivity index (χ2v) is 8.11. The molecule has 2 amide bonds. The van der Waals surface area contributed by atoms with E-state index >= 15 is 0 Å². The summed E-state index contributed by atoms with van der Waals surface area (Å²) in [5.74, 6) is -2.26. The number of carbonyl (C=O) groups is 4. The van der Waals surface area contributed by atoms with Crippen molar-refractivity contribution in [1.29, 1.82) is 0 Å². The summed E-state index contributed by atoms with van der Waals surface area (Å²) >= 11 is 6.21. The number of ether oxygens (including phenoxy) is 2. The number of nitrogens with zero attached hydrogens (tertiary/aromatic N) is 1. The van der Waals surface area contributed by atoms with Gasteiger partial charge in [0.2, 0.25) is 0 Å². The van der Waals surface area contributed by atoms with E-state index in [4.69, 9.17) is 21.1 Å². The topological polar surface area (TPSA) is 102 Å². The number of aryl methyl sites for hydroxylation is 1. The summed E-state index contributed by atoms with van der Waals surface area (Å²) in [6, 6.07) is 19.4. The van der Waals surface area contributed by atoms with E-state index in [1.54, 1.807) is 43.3 Å². The van der Waals surface area contributed by atoms with Crippen molar-refractivity contribution in [2.24, 2.45) is 0 Å². The van der Waals surface area contributed by atoms with E-state index in [0.29, 0.717) is 17.0 Å². The third-order valence-electron chi connectivity index (χ3n) is 5.35. The highest BCUT2D eigenvalue weighted by atomic mass is 35.5. The van der Waals surface area contributed by atoms with E-state index < -0.39 is 23.8 Å². The molecule has 1 aliphatic rings. The first kappa shape index (κ1) is 24.7. The number of amides is 2. The fraction of sp³-hybridized carbons (Fsp3) is 0.111. The summed E-state index contributed by atoms with van der Waals surface area (Å²) in [5.41, 5.74) is 1.50. The van der Waals surface area contributed by atoms with Gasteiger partial charge in [-0.1, -0.05) is 41.9 Å². The van der Waals surface area contributed by atoms with Gasteiger partial charge in [0.15, 0.2) is 0 Å². The molecule has 0 unspecified atom stereocenters. The van der Waals surface area contributed by atoms with E-state index in [1.165, 1.54) is 24.3 Å². The number of para-hydroxylation sites is 2. The molecule has 3 aromatic rings. The van der Waals surface area contributed by atoms with Crippen LogP contribution >= 0.6 is 11.6 Å². The maximum absolute atomic E-state index is 13.1. The molecule has 1 aliphatic heterocycles. The van der Waals surface area contributed by atoms with E-state index in [2.05, 4.69) is 5.32 Å². The molecule has 0 saturated heterocycles. The molecule has 0 fully saturated rings. The largest absolute Gasteiger partial charge is 0.462 e. The molecule has 9 heteroatoms. The number of anilines is 2. The first-order valence-electron chi connectivity index (χ1n) is 11.0. The maximum Gasteiger partial charge on any atom is 0.343 e. The molecule has 8 nitrogen and oxygen atoms in total. The van der Waals surface area contributed by atoms with Crippen molar-refractivity contribution in [3.8, 4) is 5.75 Å². The highest BCUT2D eigenvalue weighted by molar-refractivity contribution is 6.53.